The maximum atomic E-state index is 14.0. The van der Waals surface area contributed by atoms with E-state index >= 15 is 0 Å². The fraction of sp³-hybridized carbons (Fsp3) is 0.600. The van der Waals surface area contributed by atoms with Crippen molar-refractivity contribution in [2.45, 2.75) is 70.6 Å². The van der Waals surface area contributed by atoms with Crippen molar-refractivity contribution < 1.29 is 23.8 Å². The first-order valence-electron chi connectivity index (χ1n) is 11.4. The first-order valence-corrected chi connectivity index (χ1v) is 11.4. The van der Waals surface area contributed by atoms with Gasteiger partial charge in [0.15, 0.2) is 5.79 Å². The summed E-state index contributed by atoms with van der Waals surface area (Å²) in [5, 5.41) is 0. The third-order valence-corrected chi connectivity index (χ3v) is 7.39. The van der Waals surface area contributed by atoms with Crippen molar-refractivity contribution in [3.8, 4) is 0 Å². The van der Waals surface area contributed by atoms with Gasteiger partial charge in [0.05, 0.1) is 18.8 Å². The summed E-state index contributed by atoms with van der Waals surface area (Å²) in [6, 6.07) is 6.02. The van der Waals surface area contributed by atoms with Crippen molar-refractivity contribution in [1.29, 1.82) is 0 Å². The summed E-state index contributed by atoms with van der Waals surface area (Å²) < 4.78 is 17.8. The smallest absolute Gasteiger partial charge is 0.307 e. The van der Waals surface area contributed by atoms with Crippen molar-refractivity contribution in [3.63, 3.8) is 0 Å². The molecular weight excluding hydrogens is 394 g/mol. The lowest BCUT2D eigenvalue weighted by Crippen LogP contribution is -2.55. The molecular formula is C25H31NO5. The van der Waals surface area contributed by atoms with E-state index in [9.17, 15) is 9.59 Å². The quantitative estimate of drug-likeness (QED) is 0.685. The van der Waals surface area contributed by atoms with Crippen LogP contribution in [0.25, 0.3) is 5.57 Å². The van der Waals surface area contributed by atoms with Crippen molar-refractivity contribution in [2.24, 2.45) is 5.92 Å². The van der Waals surface area contributed by atoms with Gasteiger partial charge in [0, 0.05) is 26.3 Å². The molecule has 1 aromatic rings. The molecule has 6 heteroatoms. The lowest BCUT2D eigenvalue weighted by molar-refractivity contribution is -0.193. The average Bonchev–Trinajstić information content (AvgIpc) is 3.40. The number of amides is 1. The lowest BCUT2D eigenvalue weighted by Gasteiger charge is -2.47. The Morgan fingerprint density at radius 1 is 1.10 bits per heavy atom. The van der Waals surface area contributed by atoms with E-state index in [4.69, 9.17) is 14.2 Å². The van der Waals surface area contributed by atoms with E-state index in [0.717, 1.165) is 29.5 Å². The van der Waals surface area contributed by atoms with Gasteiger partial charge in [-0.25, -0.2) is 0 Å². The molecule has 1 saturated heterocycles. The molecule has 0 bridgehead atoms. The van der Waals surface area contributed by atoms with E-state index < -0.39 is 11.3 Å². The highest BCUT2D eigenvalue weighted by molar-refractivity contribution is 6.24. The fourth-order valence-corrected chi connectivity index (χ4v) is 5.64. The Kier molecular flexibility index (Phi) is 4.98. The van der Waals surface area contributed by atoms with Crippen molar-refractivity contribution in [2.75, 3.05) is 19.8 Å². The topological polar surface area (TPSA) is 65.1 Å². The number of benzene rings is 1. The van der Waals surface area contributed by atoms with Crippen LogP contribution in [0.15, 0.2) is 24.0 Å². The number of esters is 1. The Labute approximate surface area is 183 Å². The molecule has 2 aliphatic heterocycles. The zero-order valence-electron chi connectivity index (χ0n) is 18.7. The minimum Gasteiger partial charge on any atom is -0.428 e. The number of rotatable bonds is 4. The largest absolute Gasteiger partial charge is 0.428 e. The Bertz CT molecular complexity index is 924. The maximum Gasteiger partial charge on any atom is 0.307 e. The molecule has 2 heterocycles. The maximum absolute atomic E-state index is 14.0. The van der Waals surface area contributed by atoms with Crippen molar-refractivity contribution in [3.05, 3.63) is 40.6 Å². The number of carbonyl (C=O) groups excluding carboxylic acids is 2. The second-order valence-electron chi connectivity index (χ2n) is 9.56. The van der Waals surface area contributed by atoms with E-state index in [1.807, 2.05) is 36.9 Å². The van der Waals surface area contributed by atoms with Crippen LogP contribution in [0.5, 0.6) is 0 Å². The van der Waals surface area contributed by atoms with E-state index in [2.05, 4.69) is 0 Å². The summed E-state index contributed by atoms with van der Waals surface area (Å²) in [5.74, 6) is 0.127. The van der Waals surface area contributed by atoms with Crippen LogP contribution in [0.4, 0.5) is 0 Å². The first kappa shape index (κ1) is 20.7. The molecule has 2 spiro atoms. The molecule has 0 N–H and O–H groups in total. The molecule has 5 rings (SSSR count). The zero-order chi connectivity index (χ0) is 21.8. The molecule has 0 atom stereocenters. The van der Waals surface area contributed by atoms with Gasteiger partial charge in [0.1, 0.15) is 11.3 Å². The second-order valence-corrected chi connectivity index (χ2v) is 9.56. The van der Waals surface area contributed by atoms with Crippen LogP contribution in [0.1, 0.15) is 62.1 Å². The average molecular weight is 426 g/mol. The molecule has 1 amide bonds. The molecule has 4 aliphatic rings. The summed E-state index contributed by atoms with van der Waals surface area (Å²) in [6.07, 6.45) is 5.01. The van der Waals surface area contributed by atoms with Gasteiger partial charge in [-0.15, -0.1) is 0 Å². The third kappa shape index (κ3) is 3.40. The molecule has 2 saturated carbocycles. The van der Waals surface area contributed by atoms with E-state index in [-0.39, 0.29) is 11.9 Å². The number of aryl methyl sites for hydroxylation is 2. The van der Waals surface area contributed by atoms with Crippen LogP contribution in [0.3, 0.4) is 0 Å². The normalized spacial score (nSPS) is 24.5. The standard InChI is InChI=1S/C25H31NO5/c1-16-5-4-6-17(2)20(16)21-22(31-18(3)27)24(26(23(21)28)15-19-7-8-19)9-11-25(12-10-24)29-13-14-30-25/h4-6,19H,7-15H2,1-3H3. The predicted molar refractivity (Wildman–Crippen MR) is 115 cm³/mol. The minimum absolute atomic E-state index is 0.00948. The van der Waals surface area contributed by atoms with Gasteiger partial charge >= 0.3 is 5.97 Å². The molecule has 2 aliphatic carbocycles. The highest BCUT2D eigenvalue weighted by Crippen LogP contribution is 2.54. The van der Waals surface area contributed by atoms with Crippen molar-refractivity contribution >= 4 is 17.4 Å². The van der Waals surface area contributed by atoms with Crippen molar-refractivity contribution in [1.82, 2.24) is 4.90 Å². The van der Waals surface area contributed by atoms with Gasteiger partial charge in [0.2, 0.25) is 0 Å². The van der Waals surface area contributed by atoms with Gasteiger partial charge in [-0.2, -0.15) is 0 Å². The molecule has 0 radical (unpaired) electrons. The zero-order valence-corrected chi connectivity index (χ0v) is 18.7. The van der Waals surface area contributed by atoms with Crippen LogP contribution >= 0.6 is 0 Å². The number of ether oxygens (including phenoxy) is 3. The number of hydrogen-bond acceptors (Lipinski definition) is 5. The van der Waals surface area contributed by atoms with Gasteiger partial charge in [-0.05, 0) is 62.1 Å². The summed E-state index contributed by atoms with van der Waals surface area (Å²) in [7, 11) is 0. The Hall–Kier alpha value is -2.18. The highest BCUT2D eigenvalue weighted by Gasteiger charge is 2.59. The molecule has 1 aromatic carbocycles. The number of nitrogens with zero attached hydrogens (tertiary/aromatic N) is 1. The lowest BCUT2D eigenvalue weighted by atomic mass is 9.76. The monoisotopic (exact) mass is 425 g/mol. The summed E-state index contributed by atoms with van der Waals surface area (Å²) in [4.78, 5) is 28.2. The van der Waals surface area contributed by atoms with Gasteiger partial charge < -0.3 is 19.1 Å². The summed E-state index contributed by atoms with van der Waals surface area (Å²) in [5.41, 5.74) is 2.89. The Morgan fingerprint density at radius 2 is 1.71 bits per heavy atom. The number of hydrogen-bond donors (Lipinski definition) is 0. The molecule has 31 heavy (non-hydrogen) atoms. The third-order valence-electron chi connectivity index (χ3n) is 7.39. The van der Waals surface area contributed by atoms with Crippen LogP contribution in [-0.2, 0) is 23.8 Å². The molecule has 166 valence electrons. The van der Waals surface area contributed by atoms with Gasteiger partial charge in [-0.3, -0.25) is 9.59 Å². The van der Waals surface area contributed by atoms with Gasteiger partial charge in [-0.1, -0.05) is 18.2 Å². The Morgan fingerprint density at radius 3 is 2.26 bits per heavy atom. The summed E-state index contributed by atoms with van der Waals surface area (Å²) in [6.45, 7) is 7.38. The first-order chi connectivity index (χ1) is 14.9. The second kappa shape index (κ2) is 7.45. The van der Waals surface area contributed by atoms with E-state index in [1.54, 1.807) is 0 Å². The number of carbonyl (C=O) groups is 2. The van der Waals surface area contributed by atoms with Crippen LogP contribution in [-0.4, -0.2) is 47.9 Å². The van der Waals surface area contributed by atoms with E-state index in [0.29, 0.717) is 62.7 Å². The Balaban J connectivity index is 1.64. The molecule has 6 nitrogen and oxygen atoms in total. The fourth-order valence-electron chi connectivity index (χ4n) is 5.64. The molecule has 0 aromatic heterocycles. The predicted octanol–water partition coefficient (Wildman–Crippen LogP) is 3.89. The SMILES string of the molecule is CC(=O)OC1=C(c2c(C)cccc2C)C(=O)N(CC2CC2)C12CCC1(CC2)OCCO1. The van der Waals surface area contributed by atoms with Gasteiger partial charge in [0.25, 0.3) is 5.91 Å². The van der Waals surface area contributed by atoms with Crippen LogP contribution in [0.2, 0.25) is 0 Å². The summed E-state index contributed by atoms with van der Waals surface area (Å²) >= 11 is 0. The van der Waals surface area contributed by atoms with E-state index in [1.165, 1.54) is 6.92 Å². The highest BCUT2D eigenvalue weighted by atomic mass is 16.7. The molecule has 3 fully saturated rings. The van der Waals surface area contributed by atoms with Crippen LogP contribution < -0.4 is 0 Å². The molecule has 0 unspecified atom stereocenters. The minimum atomic E-state index is -0.615. The van der Waals surface area contributed by atoms with Crippen LogP contribution in [0, 0.1) is 19.8 Å².